The molecule has 6 N–H and O–H groups in total. The van der Waals surface area contributed by atoms with Crippen molar-refractivity contribution in [1.82, 2.24) is 10.6 Å². The fourth-order valence-electron chi connectivity index (χ4n) is 6.33. The summed E-state index contributed by atoms with van der Waals surface area (Å²) in [6, 6.07) is 4.72. The standard InChI is InChI=1S/C30H35Cl2F2N3O6/c1-29(2,3)13-23-30(17-11-21(34)19(32)12-22(17)36-28(30)43)25(14-4-5-20(33)18(31)8-14)26(37-23)27(42)35-7-6-15(38)9-16(39)10-24(40)41/h4-5,8,11-12,15-16,23,25-26,37-39H,6-7,9-10,13H2,1-3H3,(H,35,42)(H,36,43)(H,40,41)/t15-,16-,23-,25+,26-,30?/m1/s1. The van der Waals surface area contributed by atoms with Gasteiger partial charge in [-0.1, -0.05) is 50.0 Å². The van der Waals surface area contributed by atoms with Crippen LogP contribution in [-0.2, 0) is 19.8 Å². The van der Waals surface area contributed by atoms with Crippen molar-refractivity contribution in [3.05, 3.63) is 63.1 Å². The van der Waals surface area contributed by atoms with Crippen molar-refractivity contribution in [2.24, 2.45) is 5.41 Å². The quantitative estimate of drug-likeness (QED) is 0.229. The molecule has 43 heavy (non-hydrogen) atoms. The van der Waals surface area contributed by atoms with Gasteiger partial charge in [0.1, 0.15) is 17.0 Å². The van der Waals surface area contributed by atoms with Crippen molar-refractivity contribution < 1.29 is 38.5 Å². The highest BCUT2D eigenvalue weighted by Gasteiger charge is 2.66. The molecule has 2 aliphatic heterocycles. The molecule has 2 amide bonds. The fourth-order valence-corrected chi connectivity index (χ4v) is 6.68. The van der Waals surface area contributed by atoms with Crippen LogP contribution in [0.2, 0.25) is 10.0 Å². The maximum atomic E-state index is 15.0. The predicted molar refractivity (Wildman–Crippen MR) is 157 cm³/mol. The number of fused-ring (bicyclic) bond motifs is 2. The number of aliphatic hydroxyl groups excluding tert-OH is 2. The number of carbonyl (C=O) groups is 3. The molecule has 1 saturated heterocycles. The van der Waals surface area contributed by atoms with E-state index >= 15 is 0 Å². The lowest BCUT2D eigenvalue weighted by molar-refractivity contribution is -0.139. The molecule has 1 fully saturated rings. The topological polar surface area (TPSA) is 148 Å². The van der Waals surface area contributed by atoms with Gasteiger partial charge < -0.3 is 31.3 Å². The van der Waals surface area contributed by atoms with Crippen LogP contribution < -0.4 is 16.0 Å². The summed E-state index contributed by atoms with van der Waals surface area (Å²) in [6.07, 6.45) is -2.64. The van der Waals surface area contributed by atoms with Gasteiger partial charge in [-0.05, 0) is 60.1 Å². The van der Waals surface area contributed by atoms with E-state index in [1.165, 1.54) is 24.3 Å². The van der Waals surface area contributed by atoms with Crippen LogP contribution in [0.5, 0.6) is 0 Å². The van der Waals surface area contributed by atoms with E-state index in [9.17, 15) is 33.4 Å². The van der Waals surface area contributed by atoms with E-state index in [0.717, 1.165) is 6.07 Å². The number of amides is 2. The van der Waals surface area contributed by atoms with Gasteiger partial charge in [-0.15, -0.1) is 0 Å². The highest BCUT2D eigenvalue weighted by Crippen LogP contribution is 2.57. The zero-order valence-corrected chi connectivity index (χ0v) is 25.4. The van der Waals surface area contributed by atoms with E-state index in [4.69, 9.17) is 28.3 Å². The zero-order chi connectivity index (χ0) is 31.9. The van der Waals surface area contributed by atoms with Crippen molar-refractivity contribution in [1.29, 1.82) is 0 Å². The molecule has 1 spiro atoms. The number of anilines is 1. The molecule has 234 valence electrons. The van der Waals surface area contributed by atoms with Crippen LogP contribution in [0.25, 0.3) is 0 Å². The first-order valence-corrected chi connectivity index (χ1v) is 14.7. The smallest absolute Gasteiger partial charge is 0.305 e. The van der Waals surface area contributed by atoms with E-state index in [1.807, 2.05) is 20.8 Å². The van der Waals surface area contributed by atoms with Gasteiger partial charge in [0.05, 0.1) is 34.7 Å². The Morgan fingerprint density at radius 2 is 1.74 bits per heavy atom. The van der Waals surface area contributed by atoms with E-state index < -0.39 is 71.5 Å². The van der Waals surface area contributed by atoms with Crippen molar-refractivity contribution in [2.75, 3.05) is 11.9 Å². The summed E-state index contributed by atoms with van der Waals surface area (Å²) in [6.45, 7) is 5.88. The average Bonchev–Trinajstić information content (AvgIpc) is 3.34. The summed E-state index contributed by atoms with van der Waals surface area (Å²) in [7, 11) is 0. The van der Waals surface area contributed by atoms with Crippen molar-refractivity contribution >= 4 is 46.7 Å². The third-order valence-corrected chi connectivity index (χ3v) is 8.60. The van der Waals surface area contributed by atoms with Crippen molar-refractivity contribution in [3.8, 4) is 0 Å². The maximum absolute atomic E-state index is 15.0. The Labute approximate surface area is 258 Å². The Balaban J connectivity index is 1.74. The number of carboxylic acid groups (broad SMARTS) is 1. The van der Waals surface area contributed by atoms with Gasteiger partial charge >= 0.3 is 5.97 Å². The highest BCUT2D eigenvalue weighted by atomic mass is 35.5. The van der Waals surface area contributed by atoms with Gasteiger partial charge in [0, 0.05) is 24.2 Å². The first-order chi connectivity index (χ1) is 20.0. The lowest BCUT2D eigenvalue weighted by atomic mass is 9.62. The number of benzene rings is 2. The third kappa shape index (κ3) is 6.81. The molecule has 2 aromatic carbocycles. The van der Waals surface area contributed by atoms with Gasteiger partial charge in [0.25, 0.3) is 0 Å². The molecule has 2 aromatic rings. The minimum Gasteiger partial charge on any atom is -0.481 e. The normalized spacial score (nSPS) is 24.5. The summed E-state index contributed by atoms with van der Waals surface area (Å²) < 4.78 is 29.3. The average molecular weight is 643 g/mol. The Morgan fingerprint density at radius 3 is 2.37 bits per heavy atom. The van der Waals surface area contributed by atoms with Crippen LogP contribution >= 0.6 is 23.2 Å². The van der Waals surface area contributed by atoms with Crippen LogP contribution in [-0.4, -0.2) is 63.9 Å². The third-order valence-electron chi connectivity index (χ3n) is 8.02. The monoisotopic (exact) mass is 641 g/mol. The van der Waals surface area contributed by atoms with E-state index in [1.54, 1.807) is 0 Å². The second-order valence-corrected chi connectivity index (χ2v) is 13.3. The van der Waals surface area contributed by atoms with Crippen LogP contribution in [0, 0.1) is 17.0 Å². The van der Waals surface area contributed by atoms with Crippen molar-refractivity contribution in [3.63, 3.8) is 0 Å². The Hall–Kier alpha value is -2.83. The lowest BCUT2D eigenvalue weighted by Gasteiger charge is -2.37. The number of aliphatic hydroxyl groups is 2. The molecule has 13 heteroatoms. The highest BCUT2D eigenvalue weighted by molar-refractivity contribution is 6.31. The number of carbonyl (C=O) groups excluding carboxylic acids is 2. The summed E-state index contributed by atoms with van der Waals surface area (Å²) in [5.41, 5.74) is -0.872. The van der Waals surface area contributed by atoms with E-state index in [-0.39, 0.29) is 34.8 Å². The number of aliphatic carboxylic acids is 1. The summed E-state index contributed by atoms with van der Waals surface area (Å²) in [4.78, 5) is 38.7. The Bertz CT molecular complexity index is 1420. The molecule has 0 saturated carbocycles. The number of hydrogen-bond donors (Lipinski definition) is 6. The zero-order valence-electron chi connectivity index (χ0n) is 23.9. The maximum Gasteiger partial charge on any atom is 0.305 e. The van der Waals surface area contributed by atoms with Gasteiger partial charge in [0.15, 0.2) is 0 Å². The minimum absolute atomic E-state index is 0.0196. The van der Waals surface area contributed by atoms with Crippen LogP contribution in [0.4, 0.5) is 14.5 Å². The fraction of sp³-hybridized carbons (Fsp3) is 0.500. The van der Waals surface area contributed by atoms with Gasteiger partial charge in [-0.3, -0.25) is 14.4 Å². The van der Waals surface area contributed by atoms with Crippen molar-refractivity contribution in [2.45, 2.75) is 82.1 Å². The Morgan fingerprint density at radius 1 is 1.07 bits per heavy atom. The number of rotatable bonds is 10. The molecule has 1 unspecified atom stereocenters. The van der Waals surface area contributed by atoms with Gasteiger partial charge in [0.2, 0.25) is 11.8 Å². The number of nitrogens with one attached hydrogen (secondary N) is 3. The number of hydrogen-bond acceptors (Lipinski definition) is 6. The Kier molecular flexibility index (Phi) is 9.73. The summed E-state index contributed by atoms with van der Waals surface area (Å²) in [5.74, 6) is -4.61. The molecule has 0 bridgehead atoms. The molecule has 0 aromatic heterocycles. The molecule has 4 rings (SSSR count). The SMILES string of the molecule is CC(C)(C)C[C@H]1N[C@@H](C(=O)NCC[C@@H](O)C[C@@H](O)CC(=O)O)[C@H](c2ccc(F)c(Cl)c2)C12C(=O)Nc1cc(Cl)c(F)cc12. The van der Waals surface area contributed by atoms with Crippen LogP contribution in [0.15, 0.2) is 30.3 Å². The molecule has 0 aliphatic carbocycles. The minimum atomic E-state index is -1.52. The largest absolute Gasteiger partial charge is 0.481 e. The van der Waals surface area contributed by atoms with Crippen LogP contribution in [0.3, 0.4) is 0 Å². The molecule has 6 atom stereocenters. The van der Waals surface area contributed by atoms with Gasteiger partial charge in [-0.25, -0.2) is 8.78 Å². The molecule has 2 aliphatic rings. The molecule has 2 heterocycles. The second kappa shape index (κ2) is 12.6. The molecular formula is C30H35Cl2F2N3O6. The molecule has 9 nitrogen and oxygen atoms in total. The van der Waals surface area contributed by atoms with E-state index in [0.29, 0.717) is 23.2 Å². The molecular weight excluding hydrogens is 607 g/mol. The first-order valence-electron chi connectivity index (χ1n) is 13.9. The predicted octanol–water partition coefficient (Wildman–Crippen LogP) is 4.11. The van der Waals surface area contributed by atoms with Crippen LogP contribution in [0.1, 0.15) is 63.5 Å². The number of halogens is 4. The molecule has 0 radical (unpaired) electrons. The first kappa shape index (κ1) is 33.1. The van der Waals surface area contributed by atoms with E-state index in [2.05, 4.69) is 16.0 Å². The summed E-state index contributed by atoms with van der Waals surface area (Å²) >= 11 is 12.2. The second-order valence-electron chi connectivity index (χ2n) is 12.5. The lowest BCUT2D eigenvalue weighted by Crippen LogP contribution is -2.49. The summed E-state index contributed by atoms with van der Waals surface area (Å²) in [5, 5.41) is 37.4. The van der Waals surface area contributed by atoms with Gasteiger partial charge in [-0.2, -0.15) is 0 Å². The number of carboxylic acids is 1.